The normalized spacial score (nSPS) is 17.2. The molecule has 1 aliphatic rings. The van der Waals surface area contributed by atoms with Gasteiger partial charge in [0.25, 0.3) is 0 Å². The summed E-state index contributed by atoms with van der Waals surface area (Å²) in [6.07, 6.45) is 0.886. The quantitative estimate of drug-likeness (QED) is 0.691. The number of ether oxygens (including phenoxy) is 1. The Morgan fingerprint density at radius 3 is 2.71 bits per heavy atom. The number of nitrogens with zero attached hydrogens (tertiary/aromatic N) is 1. The van der Waals surface area contributed by atoms with Crippen molar-refractivity contribution in [2.24, 2.45) is 5.92 Å². The number of aliphatic carboxylic acids is 1. The molecule has 24 heavy (non-hydrogen) atoms. The van der Waals surface area contributed by atoms with Crippen LogP contribution in [0.2, 0.25) is 0 Å². The third-order valence-corrected chi connectivity index (χ3v) is 4.17. The highest BCUT2D eigenvalue weighted by Crippen LogP contribution is 2.18. The average Bonchev–Trinajstić information content (AvgIpc) is 2.56. The minimum atomic E-state index is -0.984. The summed E-state index contributed by atoms with van der Waals surface area (Å²) in [5, 5.41) is 21.6. The summed E-state index contributed by atoms with van der Waals surface area (Å²) < 4.78 is 5.09. The number of carboxylic acid groups (broad SMARTS) is 1. The van der Waals surface area contributed by atoms with Gasteiger partial charge in [-0.1, -0.05) is 6.07 Å². The van der Waals surface area contributed by atoms with E-state index in [1.807, 2.05) is 4.90 Å². The number of carboxylic acids is 1. The fourth-order valence-electron chi connectivity index (χ4n) is 2.78. The van der Waals surface area contributed by atoms with Crippen LogP contribution in [0.15, 0.2) is 24.3 Å². The Morgan fingerprint density at radius 2 is 2.08 bits per heavy atom. The summed E-state index contributed by atoms with van der Waals surface area (Å²) in [4.78, 5) is 25.6. The van der Waals surface area contributed by atoms with Gasteiger partial charge in [-0.2, -0.15) is 0 Å². The molecule has 1 saturated heterocycles. The highest BCUT2D eigenvalue weighted by Gasteiger charge is 2.26. The molecule has 1 aliphatic heterocycles. The Kier molecular flexibility index (Phi) is 6.57. The fraction of sp³-hybridized carbons (Fsp3) is 0.529. The molecule has 1 fully saturated rings. The number of rotatable bonds is 7. The highest BCUT2D eigenvalue weighted by atomic mass is 16.5. The summed E-state index contributed by atoms with van der Waals surface area (Å²) in [6.45, 7) is 1.62. The standard InChI is InChI=1S/C17H24N2O5/c1-24-15-4-2-3-13(10-15)18-16(21)9-12(17(22)23)11-19-7-5-14(20)6-8-19/h2-4,10,12,14,20H,5-9,11H2,1H3,(H,18,21)(H,22,23)/t12-/m1/s1. The number of aliphatic hydroxyl groups is 1. The maximum atomic E-state index is 12.1. The smallest absolute Gasteiger partial charge is 0.308 e. The number of amides is 1. The zero-order chi connectivity index (χ0) is 17.5. The van der Waals surface area contributed by atoms with E-state index < -0.39 is 11.9 Å². The number of piperidine rings is 1. The lowest BCUT2D eigenvalue weighted by Gasteiger charge is -2.31. The molecule has 0 aliphatic carbocycles. The average molecular weight is 336 g/mol. The lowest BCUT2D eigenvalue weighted by Crippen LogP contribution is -2.41. The van der Waals surface area contributed by atoms with Crippen LogP contribution < -0.4 is 10.1 Å². The van der Waals surface area contributed by atoms with Gasteiger partial charge in [0.1, 0.15) is 5.75 Å². The van der Waals surface area contributed by atoms with Gasteiger partial charge in [0, 0.05) is 37.8 Å². The van der Waals surface area contributed by atoms with E-state index in [2.05, 4.69) is 5.32 Å². The molecule has 132 valence electrons. The van der Waals surface area contributed by atoms with E-state index in [0.29, 0.717) is 43.9 Å². The molecular formula is C17H24N2O5. The van der Waals surface area contributed by atoms with E-state index in [1.165, 1.54) is 7.11 Å². The second kappa shape index (κ2) is 8.65. The third kappa shape index (κ3) is 5.50. The minimum absolute atomic E-state index is 0.0917. The van der Waals surface area contributed by atoms with Gasteiger partial charge in [-0.3, -0.25) is 9.59 Å². The van der Waals surface area contributed by atoms with Crippen molar-refractivity contribution >= 4 is 17.6 Å². The Bertz CT molecular complexity index is 570. The number of methoxy groups -OCH3 is 1. The van der Waals surface area contributed by atoms with E-state index in [4.69, 9.17) is 4.74 Å². The van der Waals surface area contributed by atoms with Crippen molar-refractivity contribution in [2.45, 2.75) is 25.4 Å². The van der Waals surface area contributed by atoms with Crippen LogP contribution in [0.5, 0.6) is 5.75 Å². The molecule has 7 nitrogen and oxygen atoms in total. The van der Waals surface area contributed by atoms with E-state index in [1.54, 1.807) is 24.3 Å². The highest BCUT2D eigenvalue weighted by molar-refractivity contribution is 5.93. The Hall–Kier alpha value is -2.12. The lowest BCUT2D eigenvalue weighted by atomic mass is 10.0. The van der Waals surface area contributed by atoms with Crippen molar-refractivity contribution in [3.05, 3.63) is 24.3 Å². The number of nitrogens with one attached hydrogen (secondary N) is 1. The van der Waals surface area contributed by atoms with Gasteiger partial charge in [-0.15, -0.1) is 0 Å². The van der Waals surface area contributed by atoms with Gasteiger partial charge in [0.15, 0.2) is 0 Å². The van der Waals surface area contributed by atoms with E-state index in [9.17, 15) is 19.8 Å². The number of likely N-dealkylation sites (tertiary alicyclic amines) is 1. The van der Waals surface area contributed by atoms with Crippen LogP contribution >= 0.6 is 0 Å². The molecule has 0 unspecified atom stereocenters. The second-order valence-corrected chi connectivity index (χ2v) is 6.05. The van der Waals surface area contributed by atoms with Gasteiger partial charge in [0.05, 0.1) is 19.1 Å². The van der Waals surface area contributed by atoms with Crippen molar-refractivity contribution in [3.8, 4) is 5.75 Å². The molecule has 2 rings (SSSR count). The SMILES string of the molecule is COc1cccc(NC(=O)C[C@H](CN2CCC(O)CC2)C(=O)O)c1. The zero-order valence-corrected chi connectivity index (χ0v) is 13.8. The molecule has 1 amide bonds. The molecule has 1 atom stereocenters. The van der Waals surface area contributed by atoms with Gasteiger partial charge < -0.3 is 25.2 Å². The molecule has 3 N–H and O–H groups in total. The first kappa shape index (κ1) is 18.2. The molecule has 7 heteroatoms. The largest absolute Gasteiger partial charge is 0.497 e. The Balaban J connectivity index is 1.89. The molecule has 0 aromatic heterocycles. The van der Waals surface area contributed by atoms with Crippen LogP contribution in [-0.2, 0) is 9.59 Å². The van der Waals surface area contributed by atoms with Crippen molar-refractivity contribution in [3.63, 3.8) is 0 Å². The van der Waals surface area contributed by atoms with Crippen LogP contribution in [0.4, 0.5) is 5.69 Å². The van der Waals surface area contributed by atoms with Crippen LogP contribution in [0, 0.1) is 5.92 Å². The van der Waals surface area contributed by atoms with Gasteiger partial charge in [0.2, 0.25) is 5.91 Å². The van der Waals surface area contributed by atoms with Gasteiger partial charge in [-0.25, -0.2) is 0 Å². The Labute approximate surface area is 141 Å². The third-order valence-electron chi connectivity index (χ3n) is 4.17. The van der Waals surface area contributed by atoms with Crippen molar-refractivity contribution in [2.75, 3.05) is 32.1 Å². The van der Waals surface area contributed by atoms with Gasteiger partial charge >= 0.3 is 5.97 Å². The van der Waals surface area contributed by atoms with Crippen LogP contribution in [0.3, 0.4) is 0 Å². The van der Waals surface area contributed by atoms with Gasteiger partial charge in [-0.05, 0) is 25.0 Å². The summed E-state index contributed by atoms with van der Waals surface area (Å²) in [5.41, 5.74) is 0.574. The molecule has 0 bridgehead atoms. The maximum Gasteiger partial charge on any atom is 0.308 e. The molecule has 1 aromatic carbocycles. The van der Waals surface area contributed by atoms with Crippen LogP contribution in [-0.4, -0.2) is 59.8 Å². The Morgan fingerprint density at radius 1 is 1.38 bits per heavy atom. The second-order valence-electron chi connectivity index (χ2n) is 6.05. The van der Waals surface area contributed by atoms with Crippen molar-refractivity contribution in [1.29, 1.82) is 0 Å². The monoisotopic (exact) mass is 336 g/mol. The maximum absolute atomic E-state index is 12.1. The first-order valence-corrected chi connectivity index (χ1v) is 8.05. The minimum Gasteiger partial charge on any atom is -0.497 e. The first-order valence-electron chi connectivity index (χ1n) is 8.05. The molecular weight excluding hydrogens is 312 g/mol. The number of aliphatic hydroxyl groups excluding tert-OH is 1. The van der Waals surface area contributed by atoms with E-state index in [-0.39, 0.29) is 18.4 Å². The predicted molar refractivity (Wildman–Crippen MR) is 89.0 cm³/mol. The molecule has 1 heterocycles. The molecule has 0 saturated carbocycles. The number of anilines is 1. The predicted octanol–water partition coefficient (Wildman–Crippen LogP) is 1.18. The number of carbonyl (C=O) groups is 2. The number of benzene rings is 1. The summed E-state index contributed by atoms with van der Waals surface area (Å²) in [6, 6.07) is 6.92. The summed E-state index contributed by atoms with van der Waals surface area (Å²) in [7, 11) is 1.54. The van der Waals surface area contributed by atoms with E-state index in [0.717, 1.165) is 0 Å². The van der Waals surface area contributed by atoms with Crippen LogP contribution in [0.25, 0.3) is 0 Å². The number of hydrogen-bond donors (Lipinski definition) is 3. The zero-order valence-electron chi connectivity index (χ0n) is 13.8. The summed E-state index contributed by atoms with van der Waals surface area (Å²) >= 11 is 0. The van der Waals surface area contributed by atoms with Crippen molar-refractivity contribution < 1.29 is 24.5 Å². The summed E-state index contributed by atoms with van der Waals surface area (Å²) in [5.74, 6) is -1.48. The van der Waals surface area contributed by atoms with Crippen LogP contribution in [0.1, 0.15) is 19.3 Å². The van der Waals surface area contributed by atoms with E-state index >= 15 is 0 Å². The lowest BCUT2D eigenvalue weighted by molar-refractivity contribution is -0.144. The number of carbonyl (C=O) groups excluding carboxylic acids is 1. The fourth-order valence-corrected chi connectivity index (χ4v) is 2.78. The topological polar surface area (TPSA) is 99.1 Å². The molecule has 0 spiro atoms. The van der Waals surface area contributed by atoms with Crippen molar-refractivity contribution in [1.82, 2.24) is 4.90 Å². The number of hydrogen-bond acceptors (Lipinski definition) is 5. The molecule has 0 radical (unpaired) electrons. The first-order chi connectivity index (χ1) is 11.5. The molecule has 1 aromatic rings.